The Morgan fingerprint density at radius 3 is 2.45 bits per heavy atom. The molecule has 0 atom stereocenters. The maximum absolute atomic E-state index is 13.5. The van der Waals surface area contributed by atoms with E-state index in [4.69, 9.17) is 8.94 Å². The summed E-state index contributed by atoms with van der Waals surface area (Å²) in [5.74, 6) is 0.482. The van der Waals surface area contributed by atoms with E-state index in [1.807, 2.05) is 6.92 Å². The van der Waals surface area contributed by atoms with E-state index in [-0.39, 0.29) is 29.7 Å². The first-order chi connectivity index (χ1) is 13.8. The molecule has 0 unspecified atom stereocenters. The molecule has 0 N–H and O–H groups in total. The third kappa shape index (κ3) is 3.52. The van der Waals surface area contributed by atoms with Gasteiger partial charge in [-0.2, -0.15) is 4.31 Å². The highest BCUT2D eigenvalue weighted by atomic mass is 32.2. The molecule has 1 fully saturated rings. The van der Waals surface area contributed by atoms with Crippen molar-refractivity contribution in [2.75, 3.05) is 26.2 Å². The second-order valence-corrected chi connectivity index (χ2v) is 10.2. The highest BCUT2D eigenvalue weighted by molar-refractivity contribution is 7.89. The zero-order chi connectivity index (χ0) is 20.8. The number of sulfonamides is 1. The zero-order valence-electron chi connectivity index (χ0n) is 16.3. The van der Waals surface area contributed by atoms with Gasteiger partial charge in [0.15, 0.2) is 11.5 Å². The third-order valence-corrected chi connectivity index (χ3v) is 8.16. The predicted molar refractivity (Wildman–Crippen MR) is 107 cm³/mol. The number of aryl methyl sites for hydroxylation is 3. The Morgan fingerprint density at radius 1 is 1.14 bits per heavy atom. The van der Waals surface area contributed by atoms with Gasteiger partial charge >= 0.3 is 0 Å². The number of thiophene rings is 1. The molecule has 0 aromatic carbocycles. The number of aromatic nitrogens is 1. The van der Waals surface area contributed by atoms with E-state index >= 15 is 0 Å². The molecule has 4 heterocycles. The Morgan fingerprint density at radius 2 is 1.86 bits per heavy atom. The van der Waals surface area contributed by atoms with Crippen molar-refractivity contribution in [3.63, 3.8) is 0 Å². The van der Waals surface area contributed by atoms with Crippen molar-refractivity contribution in [2.45, 2.75) is 25.7 Å². The second-order valence-electron chi connectivity index (χ2n) is 6.92. The summed E-state index contributed by atoms with van der Waals surface area (Å²) in [7, 11) is -3.75. The van der Waals surface area contributed by atoms with E-state index in [2.05, 4.69) is 5.16 Å². The van der Waals surface area contributed by atoms with Crippen molar-refractivity contribution in [2.24, 2.45) is 0 Å². The Bertz CT molecular complexity index is 1140. The number of hydrogen-bond acceptors (Lipinski definition) is 7. The number of hydrogen-bond donors (Lipinski definition) is 0. The maximum Gasteiger partial charge on any atom is 0.289 e. The van der Waals surface area contributed by atoms with E-state index in [9.17, 15) is 13.2 Å². The standard InChI is InChI=1S/C19H21N3O5S2/c1-12-11-16(27-20-12)17-13(2)28-14(3)18(17)29(24,25)22-8-6-21(7-9-22)19(23)15-5-4-10-26-15/h4-5,10-11H,6-9H2,1-3H3. The third-order valence-electron chi connectivity index (χ3n) is 4.94. The van der Waals surface area contributed by atoms with E-state index < -0.39 is 10.0 Å². The van der Waals surface area contributed by atoms with Crippen molar-refractivity contribution in [1.29, 1.82) is 0 Å². The molecule has 3 aromatic heterocycles. The van der Waals surface area contributed by atoms with Gasteiger partial charge in [0.2, 0.25) is 10.0 Å². The molecule has 154 valence electrons. The first kappa shape index (κ1) is 19.9. The molecule has 0 radical (unpaired) electrons. The van der Waals surface area contributed by atoms with Gasteiger partial charge in [-0.25, -0.2) is 8.42 Å². The fourth-order valence-electron chi connectivity index (χ4n) is 3.56. The second kappa shape index (κ2) is 7.43. The number of carbonyl (C=O) groups is 1. The van der Waals surface area contributed by atoms with Crippen LogP contribution in [-0.2, 0) is 10.0 Å². The summed E-state index contributed by atoms with van der Waals surface area (Å²) in [5, 5.41) is 3.90. The predicted octanol–water partition coefficient (Wildman–Crippen LogP) is 3.07. The lowest BCUT2D eigenvalue weighted by Crippen LogP contribution is -2.50. The van der Waals surface area contributed by atoms with Crippen LogP contribution in [0.1, 0.15) is 26.0 Å². The normalized spacial score (nSPS) is 15.8. The Kier molecular flexibility index (Phi) is 5.09. The average molecular weight is 436 g/mol. The fraction of sp³-hybridized carbons (Fsp3) is 0.368. The molecule has 29 heavy (non-hydrogen) atoms. The summed E-state index contributed by atoms with van der Waals surface area (Å²) >= 11 is 1.42. The molecule has 8 nitrogen and oxygen atoms in total. The molecule has 4 rings (SSSR count). The molecule has 1 saturated heterocycles. The number of amides is 1. The lowest BCUT2D eigenvalue weighted by molar-refractivity contribution is 0.0666. The van der Waals surface area contributed by atoms with Gasteiger partial charge in [0.1, 0.15) is 4.90 Å². The van der Waals surface area contributed by atoms with Gasteiger partial charge in [-0.1, -0.05) is 5.16 Å². The summed E-state index contributed by atoms with van der Waals surface area (Å²) < 4.78 is 38.9. The van der Waals surface area contributed by atoms with E-state index in [0.29, 0.717) is 35.0 Å². The largest absolute Gasteiger partial charge is 0.459 e. The molecular weight excluding hydrogens is 414 g/mol. The molecule has 1 amide bonds. The van der Waals surface area contributed by atoms with Crippen LogP contribution in [0.15, 0.2) is 38.3 Å². The molecule has 1 aliphatic rings. The van der Waals surface area contributed by atoms with Crippen LogP contribution >= 0.6 is 11.3 Å². The zero-order valence-corrected chi connectivity index (χ0v) is 18.0. The number of rotatable bonds is 4. The minimum Gasteiger partial charge on any atom is -0.459 e. The summed E-state index contributed by atoms with van der Waals surface area (Å²) in [5.41, 5.74) is 1.26. The van der Waals surface area contributed by atoms with Gasteiger partial charge in [0, 0.05) is 42.0 Å². The molecule has 0 aliphatic carbocycles. The first-order valence-electron chi connectivity index (χ1n) is 9.15. The van der Waals surface area contributed by atoms with E-state index in [1.54, 1.807) is 36.9 Å². The van der Waals surface area contributed by atoms with Crippen LogP contribution in [0.3, 0.4) is 0 Å². The van der Waals surface area contributed by atoms with Crippen molar-refractivity contribution in [1.82, 2.24) is 14.4 Å². The van der Waals surface area contributed by atoms with Crippen LogP contribution in [0.5, 0.6) is 0 Å². The number of piperazine rings is 1. The number of carbonyl (C=O) groups excluding carboxylic acids is 1. The van der Waals surface area contributed by atoms with Gasteiger partial charge in [-0.05, 0) is 32.9 Å². The minimum atomic E-state index is -3.75. The first-order valence-corrected chi connectivity index (χ1v) is 11.4. The Balaban J connectivity index is 1.60. The molecule has 0 spiro atoms. The van der Waals surface area contributed by atoms with Crippen LogP contribution in [-0.4, -0.2) is 54.9 Å². The minimum absolute atomic E-state index is 0.220. The lowest BCUT2D eigenvalue weighted by Gasteiger charge is -2.33. The molecule has 0 bridgehead atoms. The molecule has 1 aliphatic heterocycles. The Hall–Kier alpha value is -2.43. The average Bonchev–Trinajstić information content (AvgIpc) is 3.41. The van der Waals surface area contributed by atoms with Crippen LogP contribution in [0.2, 0.25) is 0 Å². The number of furan rings is 1. The van der Waals surface area contributed by atoms with Crippen molar-refractivity contribution in [3.8, 4) is 11.3 Å². The van der Waals surface area contributed by atoms with E-state index in [1.165, 1.54) is 21.9 Å². The van der Waals surface area contributed by atoms with Crippen LogP contribution in [0, 0.1) is 20.8 Å². The fourth-order valence-corrected chi connectivity index (χ4v) is 6.80. The highest BCUT2D eigenvalue weighted by Gasteiger charge is 2.36. The van der Waals surface area contributed by atoms with Crippen molar-refractivity contribution >= 4 is 27.3 Å². The summed E-state index contributed by atoms with van der Waals surface area (Å²) in [6, 6.07) is 5.00. The maximum atomic E-state index is 13.5. The number of nitrogens with zero attached hydrogens (tertiary/aromatic N) is 3. The van der Waals surface area contributed by atoms with Gasteiger partial charge in [-0.3, -0.25) is 4.79 Å². The summed E-state index contributed by atoms with van der Waals surface area (Å²) in [6.45, 7) is 6.52. The Labute approximate surface area is 172 Å². The van der Waals surface area contributed by atoms with Gasteiger partial charge in [0.05, 0.1) is 17.5 Å². The highest BCUT2D eigenvalue weighted by Crippen LogP contribution is 2.40. The molecule has 10 heteroatoms. The smallest absolute Gasteiger partial charge is 0.289 e. The van der Waals surface area contributed by atoms with E-state index in [0.717, 1.165) is 4.88 Å². The lowest BCUT2D eigenvalue weighted by atomic mass is 10.2. The molecular formula is C19H21N3O5S2. The van der Waals surface area contributed by atoms with Gasteiger partial charge in [0.25, 0.3) is 5.91 Å². The van der Waals surface area contributed by atoms with Crippen LogP contribution < -0.4 is 0 Å². The van der Waals surface area contributed by atoms with Gasteiger partial charge in [-0.15, -0.1) is 11.3 Å². The SMILES string of the molecule is Cc1cc(-c2c(C)sc(C)c2S(=O)(=O)N2CCN(C(=O)c3ccco3)CC2)on1. The van der Waals surface area contributed by atoms with Crippen molar-refractivity contribution in [3.05, 3.63) is 45.7 Å². The van der Waals surface area contributed by atoms with Crippen LogP contribution in [0.4, 0.5) is 0 Å². The van der Waals surface area contributed by atoms with Crippen molar-refractivity contribution < 1.29 is 22.2 Å². The summed E-state index contributed by atoms with van der Waals surface area (Å²) in [4.78, 5) is 15.9. The monoisotopic (exact) mass is 435 g/mol. The van der Waals surface area contributed by atoms with Gasteiger partial charge < -0.3 is 13.8 Å². The molecule has 0 saturated carbocycles. The molecule has 3 aromatic rings. The quantitative estimate of drug-likeness (QED) is 0.625. The van der Waals surface area contributed by atoms with Crippen LogP contribution in [0.25, 0.3) is 11.3 Å². The summed E-state index contributed by atoms with van der Waals surface area (Å²) in [6.07, 6.45) is 1.45. The topological polar surface area (TPSA) is 96.9 Å².